The van der Waals surface area contributed by atoms with E-state index in [2.05, 4.69) is 38.7 Å². The van der Waals surface area contributed by atoms with Crippen LogP contribution in [0.3, 0.4) is 0 Å². The normalized spacial score (nSPS) is 13.1. The van der Waals surface area contributed by atoms with E-state index in [4.69, 9.17) is 0 Å². The van der Waals surface area contributed by atoms with Crippen LogP contribution in [0.1, 0.15) is 141 Å². The standard InChI is InChI=1S/C38H55N5OS/c1-6-11-16-18-20-31-33(21-19-17-12-7-2)38(42(24-13-8-3)25-14-9-4)45-35(31)23-22-32-34(29-41)36(30(27-39)28-40)43(37(32)44)26-15-10-5/h22-23H,6-21,24-26H2,1-5H3/b23-22+. The van der Waals surface area contributed by atoms with Gasteiger partial charge in [0, 0.05) is 24.5 Å². The molecular formula is C38H55N5OS. The van der Waals surface area contributed by atoms with Gasteiger partial charge >= 0.3 is 0 Å². The highest BCUT2D eigenvalue weighted by Gasteiger charge is 2.36. The van der Waals surface area contributed by atoms with E-state index in [-0.39, 0.29) is 28.3 Å². The van der Waals surface area contributed by atoms with Crippen LogP contribution < -0.4 is 4.90 Å². The van der Waals surface area contributed by atoms with Gasteiger partial charge in [0.15, 0.2) is 5.57 Å². The van der Waals surface area contributed by atoms with Gasteiger partial charge in [-0.1, -0.05) is 92.4 Å². The Balaban J connectivity index is 2.72. The number of nitrogens with zero attached hydrogens (tertiary/aromatic N) is 5. The average molecular weight is 630 g/mol. The Morgan fingerprint density at radius 1 is 0.733 bits per heavy atom. The number of thiophene rings is 1. The van der Waals surface area contributed by atoms with Crippen LogP contribution >= 0.6 is 11.3 Å². The Morgan fingerprint density at radius 2 is 1.29 bits per heavy atom. The second-order valence-electron chi connectivity index (χ2n) is 12.0. The molecule has 244 valence electrons. The molecule has 1 amide bonds. The van der Waals surface area contributed by atoms with Crippen LogP contribution in [0.25, 0.3) is 6.08 Å². The number of hydrogen-bond acceptors (Lipinski definition) is 6. The molecule has 0 radical (unpaired) electrons. The summed E-state index contributed by atoms with van der Waals surface area (Å²) in [5.74, 6) is -0.303. The van der Waals surface area contributed by atoms with Crippen molar-refractivity contribution in [2.75, 3.05) is 24.5 Å². The fourth-order valence-corrected chi connectivity index (χ4v) is 7.21. The van der Waals surface area contributed by atoms with Gasteiger partial charge in [-0.05, 0) is 68.2 Å². The number of allylic oxidation sites excluding steroid dienone is 2. The predicted molar refractivity (Wildman–Crippen MR) is 189 cm³/mol. The monoisotopic (exact) mass is 629 g/mol. The van der Waals surface area contributed by atoms with Gasteiger partial charge < -0.3 is 9.80 Å². The molecule has 2 heterocycles. The van der Waals surface area contributed by atoms with Gasteiger partial charge in [-0.15, -0.1) is 11.3 Å². The summed E-state index contributed by atoms with van der Waals surface area (Å²) in [5, 5.41) is 30.9. The molecule has 1 aromatic heterocycles. The highest BCUT2D eigenvalue weighted by molar-refractivity contribution is 7.17. The first-order valence-electron chi connectivity index (χ1n) is 17.6. The summed E-state index contributed by atoms with van der Waals surface area (Å²) in [6.07, 6.45) is 21.7. The van der Waals surface area contributed by atoms with E-state index in [1.165, 1.54) is 70.9 Å². The third kappa shape index (κ3) is 10.6. The minimum atomic E-state index is -0.303. The number of nitriles is 3. The maximum absolute atomic E-state index is 13.7. The first-order chi connectivity index (χ1) is 22.0. The fraction of sp³-hybridized carbons (Fsp3) is 0.632. The molecule has 45 heavy (non-hydrogen) atoms. The number of carbonyl (C=O) groups excluding carboxylic acids is 1. The van der Waals surface area contributed by atoms with Gasteiger partial charge in [0.25, 0.3) is 5.91 Å². The van der Waals surface area contributed by atoms with Crippen LogP contribution in [-0.4, -0.2) is 30.4 Å². The predicted octanol–water partition coefficient (Wildman–Crippen LogP) is 10.2. The zero-order valence-electron chi connectivity index (χ0n) is 28.6. The zero-order valence-corrected chi connectivity index (χ0v) is 29.5. The molecule has 2 rings (SSSR count). The second-order valence-corrected chi connectivity index (χ2v) is 13.1. The van der Waals surface area contributed by atoms with Crippen molar-refractivity contribution in [3.05, 3.63) is 44.5 Å². The topological polar surface area (TPSA) is 94.9 Å². The van der Waals surface area contributed by atoms with Gasteiger partial charge in [-0.3, -0.25) is 4.79 Å². The molecule has 1 aliphatic heterocycles. The van der Waals surface area contributed by atoms with Crippen LogP contribution in [0.15, 0.2) is 28.5 Å². The molecule has 0 fully saturated rings. The van der Waals surface area contributed by atoms with Crippen LogP contribution in [0.4, 0.5) is 5.00 Å². The maximum Gasteiger partial charge on any atom is 0.259 e. The van der Waals surface area contributed by atoms with Crippen molar-refractivity contribution < 1.29 is 4.79 Å². The molecule has 0 aliphatic carbocycles. The summed E-state index contributed by atoms with van der Waals surface area (Å²) in [6.45, 7) is 13.5. The quantitative estimate of drug-likeness (QED) is 0.0939. The summed E-state index contributed by atoms with van der Waals surface area (Å²) in [7, 11) is 0. The van der Waals surface area contributed by atoms with E-state index < -0.39 is 0 Å². The lowest BCUT2D eigenvalue weighted by Crippen LogP contribution is -2.27. The van der Waals surface area contributed by atoms with E-state index in [0.717, 1.165) is 70.9 Å². The Kier molecular flexibility index (Phi) is 18.0. The number of unbranched alkanes of at least 4 members (excludes halogenated alkanes) is 9. The fourth-order valence-electron chi connectivity index (χ4n) is 5.86. The molecule has 0 bridgehead atoms. The summed E-state index contributed by atoms with van der Waals surface area (Å²) in [5.41, 5.74) is 3.25. The van der Waals surface area contributed by atoms with Crippen LogP contribution in [0, 0.1) is 34.0 Å². The summed E-state index contributed by atoms with van der Waals surface area (Å²) < 4.78 is 0. The molecule has 6 nitrogen and oxygen atoms in total. The van der Waals surface area contributed by atoms with Gasteiger partial charge in [-0.2, -0.15) is 15.8 Å². The van der Waals surface area contributed by atoms with Crippen molar-refractivity contribution in [2.45, 2.75) is 137 Å². The zero-order chi connectivity index (χ0) is 33.0. The molecule has 0 unspecified atom stereocenters. The average Bonchev–Trinajstić information content (AvgIpc) is 3.53. The van der Waals surface area contributed by atoms with Crippen LogP contribution in [-0.2, 0) is 17.6 Å². The summed E-state index contributed by atoms with van der Waals surface area (Å²) in [6, 6.07) is 6.01. The van der Waals surface area contributed by atoms with E-state index >= 15 is 0 Å². The highest BCUT2D eigenvalue weighted by Crippen LogP contribution is 2.41. The molecule has 1 aliphatic rings. The lowest BCUT2D eigenvalue weighted by atomic mass is 9.97. The van der Waals surface area contributed by atoms with Crippen molar-refractivity contribution in [1.82, 2.24) is 4.90 Å². The molecular weight excluding hydrogens is 575 g/mol. The number of carbonyl (C=O) groups is 1. The lowest BCUT2D eigenvalue weighted by Gasteiger charge is -2.25. The summed E-state index contributed by atoms with van der Waals surface area (Å²) in [4.78, 5) is 18.9. The molecule has 0 atom stereocenters. The van der Waals surface area contributed by atoms with Gasteiger partial charge in [0.2, 0.25) is 0 Å². The third-order valence-corrected chi connectivity index (χ3v) is 9.80. The molecule has 0 saturated heterocycles. The number of hydrogen-bond donors (Lipinski definition) is 0. The highest BCUT2D eigenvalue weighted by atomic mass is 32.1. The molecule has 0 spiro atoms. The molecule has 0 aromatic carbocycles. The second kappa shape index (κ2) is 21.4. The summed E-state index contributed by atoms with van der Waals surface area (Å²) >= 11 is 1.84. The molecule has 0 saturated carbocycles. The Labute approximate surface area is 277 Å². The first kappa shape index (κ1) is 37.8. The molecule has 1 aromatic rings. The lowest BCUT2D eigenvalue weighted by molar-refractivity contribution is -0.124. The minimum absolute atomic E-state index is 0.124. The SMILES string of the molecule is CCCCCCc1c(/C=C/C2=C(C#N)C(=C(C#N)C#N)N(CCCC)C2=O)sc(N(CCCC)CCCC)c1CCCCCC. The maximum atomic E-state index is 13.7. The molecule has 7 heteroatoms. The Hall–Kier alpha value is -3.34. The van der Waals surface area contributed by atoms with E-state index in [0.29, 0.717) is 6.54 Å². The molecule has 0 N–H and O–H groups in total. The van der Waals surface area contributed by atoms with Crippen molar-refractivity contribution >= 4 is 28.3 Å². The van der Waals surface area contributed by atoms with Crippen molar-refractivity contribution in [1.29, 1.82) is 15.8 Å². The minimum Gasteiger partial charge on any atom is -0.363 e. The van der Waals surface area contributed by atoms with Crippen molar-refractivity contribution in [2.24, 2.45) is 0 Å². The number of anilines is 1. The Morgan fingerprint density at radius 3 is 1.80 bits per heavy atom. The van der Waals surface area contributed by atoms with E-state index in [1.54, 1.807) is 6.08 Å². The van der Waals surface area contributed by atoms with E-state index in [1.807, 2.05) is 36.5 Å². The van der Waals surface area contributed by atoms with Gasteiger partial charge in [-0.25, -0.2) is 0 Å². The number of rotatable bonds is 22. The smallest absolute Gasteiger partial charge is 0.259 e. The van der Waals surface area contributed by atoms with Gasteiger partial charge in [0.1, 0.15) is 18.2 Å². The van der Waals surface area contributed by atoms with Gasteiger partial charge in [0.05, 0.1) is 21.8 Å². The van der Waals surface area contributed by atoms with Crippen LogP contribution in [0.5, 0.6) is 0 Å². The van der Waals surface area contributed by atoms with Crippen molar-refractivity contribution in [3.63, 3.8) is 0 Å². The van der Waals surface area contributed by atoms with Crippen molar-refractivity contribution in [3.8, 4) is 18.2 Å². The first-order valence-corrected chi connectivity index (χ1v) is 18.4. The van der Waals surface area contributed by atoms with E-state index in [9.17, 15) is 20.6 Å². The number of amides is 1. The Bertz CT molecular complexity index is 1290. The third-order valence-electron chi connectivity index (χ3n) is 8.50. The van der Waals surface area contributed by atoms with Crippen LogP contribution in [0.2, 0.25) is 0 Å². The largest absolute Gasteiger partial charge is 0.363 e.